The highest BCUT2D eigenvalue weighted by molar-refractivity contribution is 5.68. The van der Waals surface area contributed by atoms with E-state index in [1.807, 2.05) is 14.7 Å². The third kappa shape index (κ3) is 12.1. The second kappa shape index (κ2) is 17.9. The summed E-state index contributed by atoms with van der Waals surface area (Å²) in [6, 6.07) is 9.31. The van der Waals surface area contributed by atoms with E-state index in [9.17, 15) is 31.1 Å². The van der Waals surface area contributed by atoms with Gasteiger partial charge in [-0.2, -0.15) is 26.3 Å². The molecule has 0 aromatic heterocycles. The zero-order chi connectivity index (χ0) is 38.2. The molecule has 1 N–H and O–H groups in total. The Balaban J connectivity index is 0.000000211. The Morgan fingerprint density at radius 3 is 1.45 bits per heavy atom. The first-order valence-corrected chi connectivity index (χ1v) is 18.3. The molecule has 0 bridgehead atoms. The van der Waals surface area contributed by atoms with Gasteiger partial charge in [0, 0.05) is 103 Å². The Hall–Kier alpha value is -3.31. The monoisotopic (exact) mass is 758 g/mol. The summed E-state index contributed by atoms with van der Waals surface area (Å²) < 4.78 is 97.6. The van der Waals surface area contributed by atoms with Gasteiger partial charge < -0.3 is 34.2 Å². The number of hydrogen-bond donors (Lipinski definition) is 1. The lowest BCUT2D eigenvalue weighted by atomic mass is 10.0. The number of nitrogens with one attached hydrogen (secondary N) is 1. The number of anilines is 2. The Labute approximate surface area is 307 Å². The number of rotatable bonds is 6. The number of hydrogen-bond acceptors (Lipinski definition) is 9. The first kappa shape index (κ1) is 40.9. The van der Waals surface area contributed by atoms with Gasteiger partial charge in [0.25, 0.3) is 0 Å². The Morgan fingerprint density at radius 2 is 1.06 bits per heavy atom. The molecular formula is C37H52F6N6O4. The van der Waals surface area contributed by atoms with Crippen LogP contribution in [-0.2, 0) is 39.7 Å². The molecule has 4 aliphatic heterocycles. The van der Waals surface area contributed by atoms with Gasteiger partial charge in [-0.05, 0) is 56.2 Å². The highest BCUT2D eigenvalue weighted by Gasteiger charge is 2.36. The van der Waals surface area contributed by atoms with Gasteiger partial charge in [0.15, 0.2) is 0 Å². The van der Waals surface area contributed by atoms with Gasteiger partial charge in [-0.3, -0.25) is 9.80 Å². The molecule has 1 amide bonds. The fourth-order valence-corrected chi connectivity index (χ4v) is 6.74. The van der Waals surface area contributed by atoms with Gasteiger partial charge in [-0.1, -0.05) is 12.1 Å². The highest BCUT2D eigenvalue weighted by Crippen LogP contribution is 2.37. The number of piperazine rings is 2. The summed E-state index contributed by atoms with van der Waals surface area (Å²) in [7, 11) is 0. The number of nitrogens with zero attached hydrogens (tertiary/aromatic N) is 5. The van der Waals surface area contributed by atoms with Crippen molar-refractivity contribution >= 4 is 17.5 Å². The van der Waals surface area contributed by atoms with Gasteiger partial charge in [0.2, 0.25) is 0 Å². The van der Waals surface area contributed by atoms with Gasteiger partial charge in [-0.25, -0.2) is 4.79 Å². The minimum absolute atomic E-state index is 0.195. The average Bonchev–Trinajstić information content (AvgIpc) is 3.12. The summed E-state index contributed by atoms with van der Waals surface area (Å²) >= 11 is 0. The maximum absolute atomic E-state index is 13.7. The first-order chi connectivity index (χ1) is 25.1. The summed E-state index contributed by atoms with van der Waals surface area (Å²) in [5.41, 5.74) is 0.134. The summed E-state index contributed by atoms with van der Waals surface area (Å²) in [6.45, 7) is 15.6. The molecule has 2 aromatic carbocycles. The van der Waals surface area contributed by atoms with Crippen molar-refractivity contribution in [1.82, 2.24) is 20.0 Å². The molecule has 6 rings (SSSR count). The fraction of sp³-hybridized carbons (Fsp3) is 0.649. The van der Waals surface area contributed by atoms with Crippen molar-refractivity contribution in [3.05, 3.63) is 58.7 Å². The van der Waals surface area contributed by atoms with Crippen LogP contribution in [0.2, 0.25) is 0 Å². The Morgan fingerprint density at radius 1 is 0.642 bits per heavy atom. The summed E-state index contributed by atoms with van der Waals surface area (Å²) in [5.74, 6) is 0. The quantitative estimate of drug-likeness (QED) is 0.383. The van der Waals surface area contributed by atoms with Crippen molar-refractivity contribution in [2.24, 2.45) is 0 Å². The van der Waals surface area contributed by atoms with Gasteiger partial charge in [0.1, 0.15) is 5.60 Å². The lowest BCUT2D eigenvalue weighted by molar-refractivity contribution is -0.139. The molecule has 4 fully saturated rings. The molecule has 4 heterocycles. The van der Waals surface area contributed by atoms with Crippen LogP contribution in [-0.4, -0.2) is 131 Å². The molecule has 0 spiro atoms. The van der Waals surface area contributed by atoms with Gasteiger partial charge in [-0.15, -0.1) is 0 Å². The van der Waals surface area contributed by atoms with Crippen LogP contribution < -0.4 is 15.1 Å². The summed E-state index contributed by atoms with van der Waals surface area (Å²) in [6.07, 6.45) is -9.13. The average molecular weight is 759 g/mol. The third-order valence-electron chi connectivity index (χ3n) is 9.57. The topological polar surface area (TPSA) is 73.0 Å². The lowest BCUT2D eigenvalue weighted by Crippen LogP contribution is -2.49. The normalized spacial score (nSPS) is 19.8. The van der Waals surface area contributed by atoms with E-state index >= 15 is 0 Å². The largest absolute Gasteiger partial charge is 0.444 e. The van der Waals surface area contributed by atoms with Crippen LogP contribution in [0.1, 0.15) is 43.0 Å². The molecule has 296 valence electrons. The lowest BCUT2D eigenvalue weighted by Gasteiger charge is -2.36. The van der Waals surface area contributed by atoms with Crippen molar-refractivity contribution in [2.75, 3.05) is 115 Å². The Bertz CT molecular complexity index is 1480. The predicted molar refractivity (Wildman–Crippen MR) is 190 cm³/mol. The number of alkyl halides is 6. The van der Waals surface area contributed by atoms with E-state index in [1.165, 1.54) is 12.1 Å². The minimum Gasteiger partial charge on any atom is -0.444 e. The SMILES string of the molecule is CC(C)(C)OC(=O)N1CCN(Cc2ccc(N3CCOCC3)cc2C(F)(F)F)CC1.FC(F)(F)c1cc(N2CCOCC2)ccc1CN1CCNCC1. The predicted octanol–water partition coefficient (Wildman–Crippen LogP) is 5.54. The fourth-order valence-electron chi connectivity index (χ4n) is 6.74. The van der Waals surface area contributed by atoms with Crippen molar-refractivity contribution < 1.29 is 45.3 Å². The maximum atomic E-state index is 13.7. The summed E-state index contributed by atoms with van der Waals surface area (Å²) in [4.78, 5) is 21.7. The molecule has 0 atom stereocenters. The molecule has 53 heavy (non-hydrogen) atoms. The molecule has 4 saturated heterocycles. The number of carbonyl (C=O) groups excluding carboxylic acids is 1. The molecule has 0 saturated carbocycles. The minimum atomic E-state index is -4.42. The van der Waals surface area contributed by atoms with Crippen LogP contribution in [0.5, 0.6) is 0 Å². The van der Waals surface area contributed by atoms with E-state index in [0.717, 1.165) is 26.2 Å². The number of benzene rings is 2. The van der Waals surface area contributed by atoms with Crippen molar-refractivity contribution in [3.63, 3.8) is 0 Å². The number of morpholine rings is 2. The molecule has 10 nitrogen and oxygen atoms in total. The van der Waals surface area contributed by atoms with E-state index in [4.69, 9.17) is 14.2 Å². The standard InChI is InChI=1S/C21H30F3N3O3.C16H22F3N3O/c1-20(2,3)30-19(28)27-8-6-25(7-9-27)15-16-4-5-17(14-18(16)21(22,23)24)26-10-12-29-13-11-26;17-16(18,19)15-11-14(22-7-9-23-10-8-22)2-1-13(15)12-21-5-3-20-4-6-21/h4-5,14H,6-13,15H2,1-3H3;1-2,11,20H,3-10,12H2. The Kier molecular flexibility index (Phi) is 13.8. The number of halogens is 6. The van der Waals surface area contributed by atoms with E-state index in [1.54, 1.807) is 49.9 Å². The van der Waals surface area contributed by atoms with E-state index in [0.29, 0.717) is 102 Å². The number of amides is 1. The van der Waals surface area contributed by atoms with Gasteiger partial charge >= 0.3 is 18.4 Å². The van der Waals surface area contributed by atoms with Crippen molar-refractivity contribution in [1.29, 1.82) is 0 Å². The summed E-state index contributed by atoms with van der Waals surface area (Å²) in [5, 5.41) is 3.22. The maximum Gasteiger partial charge on any atom is 0.416 e. The molecule has 16 heteroatoms. The molecular weight excluding hydrogens is 706 g/mol. The van der Waals surface area contributed by atoms with E-state index in [-0.39, 0.29) is 18.2 Å². The van der Waals surface area contributed by atoms with E-state index < -0.39 is 29.1 Å². The smallest absolute Gasteiger partial charge is 0.416 e. The van der Waals surface area contributed by atoms with Crippen LogP contribution >= 0.6 is 0 Å². The van der Waals surface area contributed by atoms with Gasteiger partial charge in [0.05, 0.1) is 37.6 Å². The molecule has 4 aliphatic rings. The second-order valence-corrected chi connectivity index (χ2v) is 14.6. The molecule has 2 aromatic rings. The molecule has 0 radical (unpaired) electrons. The molecule has 0 aliphatic carbocycles. The van der Waals surface area contributed by atoms with Crippen LogP contribution in [0.3, 0.4) is 0 Å². The van der Waals surface area contributed by atoms with E-state index in [2.05, 4.69) is 10.2 Å². The number of carbonyl (C=O) groups is 1. The van der Waals surface area contributed by atoms with Crippen LogP contribution in [0.15, 0.2) is 36.4 Å². The zero-order valence-corrected chi connectivity index (χ0v) is 30.8. The zero-order valence-electron chi connectivity index (χ0n) is 30.8. The first-order valence-electron chi connectivity index (χ1n) is 18.3. The number of ether oxygens (including phenoxy) is 3. The molecule has 0 unspecified atom stereocenters. The van der Waals surface area contributed by atoms with Crippen molar-refractivity contribution in [2.45, 2.75) is 51.8 Å². The second-order valence-electron chi connectivity index (χ2n) is 14.6. The highest BCUT2D eigenvalue weighted by atomic mass is 19.4. The van der Waals surface area contributed by atoms with Crippen molar-refractivity contribution in [3.8, 4) is 0 Å². The van der Waals surface area contributed by atoms with Crippen LogP contribution in [0.4, 0.5) is 42.5 Å². The van der Waals surface area contributed by atoms with Crippen LogP contribution in [0, 0.1) is 0 Å². The third-order valence-corrected chi connectivity index (χ3v) is 9.57. The van der Waals surface area contributed by atoms with Crippen LogP contribution in [0.25, 0.3) is 0 Å².